The Morgan fingerprint density at radius 1 is 1.11 bits per heavy atom. The summed E-state index contributed by atoms with van der Waals surface area (Å²) in [7, 11) is 0. The summed E-state index contributed by atoms with van der Waals surface area (Å²) >= 11 is 1.29. The van der Waals surface area contributed by atoms with E-state index in [0.29, 0.717) is 15.7 Å². The van der Waals surface area contributed by atoms with Gasteiger partial charge in [-0.2, -0.15) is 9.61 Å². The Morgan fingerprint density at radius 3 is 2.70 bits per heavy atom. The Bertz CT molecular complexity index is 1190. The van der Waals surface area contributed by atoms with Gasteiger partial charge in [0.25, 0.3) is 11.5 Å². The molecule has 0 fully saturated rings. The molecule has 0 bridgehead atoms. The molecule has 0 saturated carbocycles. The lowest BCUT2D eigenvalue weighted by Crippen LogP contribution is -2.25. The van der Waals surface area contributed by atoms with Crippen LogP contribution >= 0.6 is 11.3 Å². The number of amides is 1. The van der Waals surface area contributed by atoms with E-state index in [1.165, 1.54) is 40.1 Å². The van der Waals surface area contributed by atoms with Crippen LogP contribution in [0.2, 0.25) is 0 Å². The molecule has 2 aromatic carbocycles. The van der Waals surface area contributed by atoms with E-state index < -0.39 is 11.7 Å². The van der Waals surface area contributed by atoms with Crippen LogP contribution in [0.15, 0.2) is 65.5 Å². The molecule has 0 aliphatic rings. The third-order valence-corrected chi connectivity index (χ3v) is 4.79. The quantitative estimate of drug-likeness (QED) is 0.591. The van der Waals surface area contributed by atoms with Crippen molar-refractivity contribution < 1.29 is 9.18 Å². The van der Waals surface area contributed by atoms with Crippen molar-refractivity contribution in [3.63, 3.8) is 0 Å². The van der Waals surface area contributed by atoms with Gasteiger partial charge in [-0.15, -0.1) is 0 Å². The molecule has 4 aromatic rings. The average molecular weight is 380 g/mol. The second kappa shape index (κ2) is 7.08. The zero-order valence-corrected chi connectivity index (χ0v) is 14.7. The van der Waals surface area contributed by atoms with E-state index in [0.717, 1.165) is 11.6 Å². The fourth-order valence-corrected chi connectivity index (χ4v) is 3.48. The maximum atomic E-state index is 13.2. The van der Waals surface area contributed by atoms with Gasteiger partial charge in [-0.05, 0) is 18.2 Å². The highest BCUT2D eigenvalue weighted by molar-refractivity contribution is 7.19. The lowest BCUT2D eigenvalue weighted by Gasteiger charge is -2.04. The zero-order valence-electron chi connectivity index (χ0n) is 13.9. The molecule has 0 aliphatic carbocycles. The largest absolute Gasteiger partial charge is 0.346 e. The monoisotopic (exact) mass is 380 g/mol. The van der Waals surface area contributed by atoms with Gasteiger partial charge in [0.05, 0.1) is 12.2 Å². The minimum atomic E-state index is -0.487. The van der Waals surface area contributed by atoms with Crippen molar-refractivity contribution in [1.82, 2.24) is 19.9 Å². The highest BCUT2D eigenvalue weighted by atomic mass is 32.1. The van der Waals surface area contributed by atoms with Gasteiger partial charge in [-0.3, -0.25) is 9.59 Å². The van der Waals surface area contributed by atoms with Crippen LogP contribution in [0, 0.1) is 5.82 Å². The van der Waals surface area contributed by atoms with Crippen molar-refractivity contribution in [3.8, 4) is 10.6 Å². The van der Waals surface area contributed by atoms with Crippen LogP contribution in [0.1, 0.15) is 16.1 Å². The van der Waals surface area contributed by atoms with Gasteiger partial charge in [0.1, 0.15) is 10.8 Å². The molecule has 1 amide bonds. The Labute approximate surface area is 156 Å². The number of nitrogens with zero attached hydrogens (tertiary/aromatic N) is 3. The highest BCUT2D eigenvalue weighted by Crippen LogP contribution is 2.23. The van der Waals surface area contributed by atoms with Gasteiger partial charge in [0.2, 0.25) is 4.96 Å². The molecule has 4 rings (SSSR count). The number of carbonyl (C=O) groups excluding carboxylic acids is 1. The van der Waals surface area contributed by atoms with E-state index in [-0.39, 0.29) is 17.7 Å². The third-order valence-electron chi connectivity index (χ3n) is 3.84. The van der Waals surface area contributed by atoms with E-state index in [4.69, 9.17) is 0 Å². The van der Waals surface area contributed by atoms with Gasteiger partial charge >= 0.3 is 0 Å². The molecule has 0 aliphatic heterocycles. The van der Waals surface area contributed by atoms with Crippen LogP contribution in [0.25, 0.3) is 15.5 Å². The first-order valence-electron chi connectivity index (χ1n) is 8.09. The minimum absolute atomic E-state index is 0.0552. The van der Waals surface area contributed by atoms with Crippen LogP contribution in [-0.2, 0) is 6.54 Å². The van der Waals surface area contributed by atoms with Crippen LogP contribution in [0.5, 0.6) is 0 Å². The summed E-state index contributed by atoms with van der Waals surface area (Å²) in [4.78, 5) is 29.3. The maximum Gasteiger partial charge on any atom is 0.275 e. The van der Waals surface area contributed by atoms with Crippen molar-refractivity contribution >= 4 is 22.2 Å². The molecular formula is C19H13FN4O2S. The number of aromatic nitrogens is 3. The number of nitrogens with one attached hydrogen (secondary N) is 1. The molecule has 6 nitrogen and oxygen atoms in total. The van der Waals surface area contributed by atoms with E-state index in [9.17, 15) is 14.0 Å². The molecule has 0 radical (unpaired) electrons. The number of halogens is 1. The molecule has 134 valence electrons. The molecular weight excluding hydrogens is 367 g/mol. The Balaban J connectivity index is 1.58. The van der Waals surface area contributed by atoms with Crippen LogP contribution in [-0.4, -0.2) is 20.5 Å². The van der Waals surface area contributed by atoms with Crippen LogP contribution < -0.4 is 10.9 Å². The van der Waals surface area contributed by atoms with Gasteiger partial charge in [-0.25, -0.2) is 9.37 Å². The topological polar surface area (TPSA) is 76.4 Å². The van der Waals surface area contributed by atoms with Gasteiger partial charge < -0.3 is 5.32 Å². The number of rotatable bonds is 4. The predicted octanol–water partition coefficient (Wildman–Crippen LogP) is 2.89. The fourth-order valence-electron chi connectivity index (χ4n) is 2.55. The highest BCUT2D eigenvalue weighted by Gasteiger charge is 2.12. The van der Waals surface area contributed by atoms with E-state index in [1.807, 2.05) is 30.3 Å². The van der Waals surface area contributed by atoms with Crippen molar-refractivity contribution in [2.75, 3.05) is 0 Å². The molecule has 8 heteroatoms. The summed E-state index contributed by atoms with van der Waals surface area (Å²) < 4.78 is 14.5. The van der Waals surface area contributed by atoms with E-state index in [1.54, 1.807) is 0 Å². The Kier molecular flexibility index (Phi) is 4.47. The number of hydrogen-bond donors (Lipinski definition) is 1. The lowest BCUT2D eigenvalue weighted by molar-refractivity contribution is 0.0950. The lowest BCUT2D eigenvalue weighted by atomic mass is 10.2. The fraction of sp³-hybridized carbons (Fsp3) is 0.0526. The first-order valence-corrected chi connectivity index (χ1v) is 8.91. The Hall–Kier alpha value is -3.39. The molecule has 27 heavy (non-hydrogen) atoms. The number of carbonyl (C=O) groups is 1. The van der Waals surface area contributed by atoms with Gasteiger partial charge in [0.15, 0.2) is 0 Å². The first kappa shape index (κ1) is 17.0. The van der Waals surface area contributed by atoms with Crippen LogP contribution in [0.3, 0.4) is 0 Å². The Morgan fingerprint density at radius 2 is 1.93 bits per heavy atom. The van der Waals surface area contributed by atoms with Crippen molar-refractivity contribution in [2.24, 2.45) is 0 Å². The standard InChI is InChI=1S/C19H13FN4O2S/c20-14-8-4-7-13(9-14)17(26)21-11-15-10-16(25)24-19(22-15)27-18(23-24)12-5-2-1-3-6-12/h1-10H,11H2,(H,21,26). The molecule has 0 unspecified atom stereocenters. The third kappa shape index (κ3) is 3.61. The van der Waals surface area contributed by atoms with Crippen molar-refractivity contribution in [2.45, 2.75) is 6.54 Å². The van der Waals surface area contributed by atoms with Crippen molar-refractivity contribution in [1.29, 1.82) is 0 Å². The zero-order chi connectivity index (χ0) is 18.8. The van der Waals surface area contributed by atoms with Gasteiger partial charge in [-0.1, -0.05) is 47.7 Å². The van der Waals surface area contributed by atoms with Crippen LogP contribution in [0.4, 0.5) is 4.39 Å². The molecule has 2 heterocycles. The second-order valence-corrected chi connectivity index (χ2v) is 6.70. The number of hydrogen-bond acceptors (Lipinski definition) is 5. The molecule has 0 spiro atoms. The van der Waals surface area contributed by atoms with E-state index in [2.05, 4.69) is 15.4 Å². The van der Waals surface area contributed by atoms with Gasteiger partial charge in [0, 0.05) is 17.2 Å². The first-order chi connectivity index (χ1) is 13.1. The summed E-state index contributed by atoms with van der Waals surface area (Å²) in [5, 5.41) is 7.63. The summed E-state index contributed by atoms with van der Waals surface area (Å²) in [6, 6.07) is 16.2. The number of fused-ring (bicyclic) bond motifs is 1. The molecule has 2 aromatic heterocycles. The molecule has 1 N–H and O–H groups in total. The number of benzene rings is 2. The average Bonchev–Trinajstić information content (AvgIpc) is 3.12. The minimum Gasteiger partial charge on any atom is -0.346 e. The molecule has 0 atom stereocenters. The normalized spacial score (nSPS) is 10.9. The smallest absolute Gasteiger partial charge is 0.275 e. The summed E-state index contributed by atoms with van der Waals surface area (Å²) in [6.07, 6.45) is 0. The van der Waals surface area contributed by atoms with Crippen molar-refractivity contribution in [3.05, 3.63) is 88.1 Å². The van der Waals surface area contributed by atoms with E-state index >= 15 is 0 Å². The maximum absolute atomic E-state index is 13.2. The molecule has 0 saturated heterocycles. The summed E-state index contributed by atoms with van der Waals surface area (Å²) in [5.74, 6) is -0.927. The SMILES string of the molecule is O=C(NCc1cc(=O)n2nc(-c3ccccc3)sc2n1)c1cccc(F)c1. The second-order valence-electron chi connectivity index (χ2n) is 5.75. The summed E-state index contributed by atoms with van der Waals surface area (Å²) in [5.41, 5.74) is 1.19. The predicted molar refractivity (Wildman–Crippen MR) is 100 cm³/mol. The summed E-state index contributed by atoms with van der Waals surface area (Å²) in [6.45, 7) is 0.0552.